The van der Waals surface area contributed by atoms with Crippen molar-refractivity contribution in [3.8, 4) is 0 Å². The Hall–Kier alpha value is -1.42. The molecular weight excluding hydrogens is 237 g/mol. The van der Waals surface area contributed by atoms with Gasteiger partial charge in [-0.25, -0.2) is 4.39 Å². The number of rotatable bonds is 1. The van der Waals surface area contributed by atoms with E-state index in [9.17, 15) is 9.18 Å². The summed E-state index contributed by atoms with van der Waals surface area (Å²) in [6, 6.07) is 4.90. The zero-order chi connectivity index (χ0) is 12.0. The quantitative estimate of drug-likeness (QED) is 0.829. The van der Waals surface area contributed by atoms with Crippen molar-refractivity contribution >= 4 is 27.3 Å². The highest BCUT2D eigenvalue weighted by atomic mass is 32.1. The summed E-state index contributed by atoms with van der Waals surface area (Å²) in [5.41, 5.74) is 6.63. The molecule has 0 fully saturated rings. The number of nitrogens with two attached hydrogens (primary N) is 1. The Balaban J connectivity index is 2.09. The first-order valence-corrected chi connectivity index (χ1v) is 6.46. The van der Waals surface area contributed by atoms with Crippen molar-refractivity contribution in [2.75, 3.05) is 0 Å². The summed E-state index contributed by atoms with van der Waals surface area (Å²) >= 11 is 1.59. The summed E-state index contributed by atoms with van der Waals surface area (Å²) in [4.78, 5) is 12.4. The molecule has 0 bridgehead atoms. The average Bonchev–Trinajstić information content (AvgIpc) is 2.64. The molecule has 3 rings (SSSR count). The van der Waals surface area contributed by atoms with Gasteiger partial charge < -0.3 is 5.73 Å². The van der Waals surface area contributed by atoms with Gasteiger partial charge in [0.1, 0.15) is 5.82 Å². The van der Waals surface area contributed by atoms with Crippen LogP contribution in [0.5, 0.6) is 0 Å². The normalized spacial score (nSPS) is 19.2. The van der Waals surface area contributed by atoms with E-state index >= 15 is 0 Å². The van der Waals surface area contributed by atoms with Gasteiger partial charge >= 0.3 is 0 Å². The summed E-state index contributed by atoms with van der Waals surface area (Å²) in [5, 5.41) is 1.13. The van der Waals surface area contributed by atoms with Crippen molar-refractivity contribution in [1.82, 2.24) is 0 Å². The topological polar surface area (TPSA) is 43.1 Å². The molecule has 1 atom stereocenters. The van der Waals surface area contributed by atoms with Crippen LogP contribution in [0.15, 0.2) is 18.2 Å². The highest BCUT2D eigenvalue weighted by Gasteiger charge is 2.25. The lowest BCUT2D eigenvalue weighted by Crippen LogP contribution is -2.27. The lowest BCUT2D eigenvalue weighted by Gasteiger charge is -2.19. The molecule has 1 aromatic carbocycles. The summed E-state index contributed by atoms with van der Waals surface area (Å²) < 4.78 is 14.1. The van der Waals surface area contributed by atoms with Gasteiger partial charge in [0, 0.05) is 15.5 Å². The van der Waals surface area contributed by atoms with E-state index in [0.717, 1.165) is 22.9 Å². The molecule has 0 saturated heterocycles. The maximum atomic E-state index is 13.1. The third-order valence-electron chi connectivity index (χ3n) is 3.42. The molecule has 1 unspecified atom stereocenters. The van der Waals surface area contributed by atoms with E-state index in [2.05, 4.69) is 0 Å². The standard InChI is InChI=1S/C13H12FNOS/c14-8-2-4-10-9-3-1-7(13(15)16)5-11(9)17-12(10)6-8/h2,4,6-7H,1,3,5H2,(H2,15,16). The van der Waals surface area contributed by atoms with Crippen LogP contribution in [0.25, 0.3) is 10.1 Å². The number of benzene rings is 1. The first-order chi connectivity index (χ1) is 8.15. The summed E-state index contributed by atoms with van der Waals surface area (Å²) in [6.07, 6.45) is 2.39. The second-order valence-corrected chi connectivity index (χ2v) is 5.62. The molecule has 1 aliphatic carbocycles. The van der Waals surface area contributed by atoms with Gasteiger partial charge in [-0.2, -0.15) is 0 Å². The van der Waals surface area contributed by atoms with Gasteiger partial charge in [0.2, 0.25) is 5.91 Å². The molecule has 1 heterocycles. The van der Waals surface area contributed by atoms with Crippen LogP contribution in [0.4, 0.5) is 4.39 Å². The first-order valence-electron chi connectivity index (χ1n) is 5.64. The van der Waals surface area contributed by atoms with Crippen molar-refractivity contribution in [2.24, 2.45) is 11.7 Å². The zero-order valence-corrected chi connectivity index (χ0v) is 10.0. The molecule has 0 spiro atoms. The second kappa shape index (κ2) is 3.81. The number of hydrogen-bond acceptors (Lipinski definition) is 2. The molecule has 0 saturated carbocycles. The third-order valence-corrected chi connectivity index (χ3v) is 4.63. The Morgan fingerprint density at radius 3 is 3.06 bits per heavy atom. The maximum Gasteiger partial charge on any atom is 0.220 e. The Kier molecular flexibility index (Phi) is 2.40. The van der Waals surface area contributed by atoms with Gasteiger partial charge in [-0.3, -0.25) is 4.79 Å². The summed E-state index contributed by atoms with van der Waals surface area (Å²) in [7, 11) is 0. The molecule has 17 heavy (non-hydrogen) atoms. The van der Waals surface area contributed by atoms with Crippen LogP contribution in [0, 0.1) is 11.7 Å². The molecule has 2 N–H and O–H groups in total. The van der Waals surface area contributed by atoms with Crippen LogP contribution < -0.4 is 5.73 Å². The van der Waals surface area contributed by atoms with Crippen LogP contribution in [0.2, 0.25) is 0 Å². The lowest BCUT2D eigenvalue weighted by molar-refractivity contribution is -0.122. The van der Waals surface area contributed by atoms with Crippen molar-refractivity contribution in [3.05, 3.63) is 34.5 Å². The van der Waals surface area contributed by atoms with Crippen molar-refractivity contribution in [1.29, 1.82) is 0 Å². The van der Waals surface area contributed by atoms with E-state index in [-0.39, 0.29) is 17.6 Å². The molecule has 0 aliphatic heterocycles. The van der Waals surface area contributed by atoms with Crippen molar-refractivity contribution < 1.29 is 9.18 Å². The van der Waals surface area contributed by atoms with Crippen molar-refractivity contribution in [2.45, 2.75) is 19.3 Å². The minimum absolute atomic E-state index is 0.0552. The fourth-order valence-corrected chi connectivity index (χ4v) is 3.86. The van der Waals surface area contributed by atoms with E-state index in [1.54, 1.807) is 17.4 Å². The highest BCUT2D eigenvalue weighted by molar-refractivity contribution is 7.19. The molecule has 88 valence electrons. The number of halogens is 1. The SMILES string of the molecule is NC(=O)C1CCc2c(sc3cc(F)ccc23)C1. The van der Waals surface area contributed by atoms with Gasteiger partial charge in [-0.1, -0.05) is 6.07 Å². The number of hydrogen-bond donors (Lipinski definition) is 1. The predicted molar refractivity (Wildman–Crippen MR) is 66.5 cm³/mol. The van der Waals surface area contributed by atoms with E-state index in [4.69, 9.17) is 5.73 Å². The second-order valence-electron chi connectivity index (χ2n) is 4.49. The predicted octanol–water partition coefficient (Wildman–Crippen LogP) is 2.63. The minimum Gasteiger partial charge on any atom is -0.369 e. The molecule has 2 aromatic rings. The Morgan fingerprint density at radius 2 is 2.29 bits per heavy atom. The Labute approximate surface area is 102 Å². The van der Waals surface area contributed by atoms with E-state index in [0.29, 0.717) is 6.42 Å². The molecular formula is C13H12FNOS. The monoisotopic (exact) mass is 249 g/mol. The number of primary amides is 1. The molecule has 1 amide bonds. The number of amides is 1. The minimum atomic E-state index is -0.223. The van der Waals surface area contributed by atoms with Gasteiger partial charge in [-0.15, -0.1) is 11.3 Å². The van der Waals surface area contributed by atoms with Crippen LogP contribution in [-0.2, 0) is 17.6 Å². The summed E-state index contributed by atoms with van der Waals surface area (Å²) in [6.45, 7) is 0. The molecule has 0 radical (unpaired) electrons. The third kappa shape index (κ3) is 1.72. The largest absolute Gasteiger partial charge is 0.369 e. The number of fused-ring (bicyclic) bond motifs is 3. The van der Waals surface area contributed by atoms with Crippen LogP contribution >= 0.6 is 11.3 Å². The molecule has 4 heteroatoms. The highest BCUT2D eigenvalue weighted by Crippen LogP contribution is 2.38. The van der Waals surface area contributed by atoms with Crippen molar-refractivity contribution in [3.63, 3.8) is 0 Å². The fourth-order valence-electron chi connectivity index (χ4n) is 2.50. The van der Waals surface area contributed by atoms with Gasteiger partial charge in [-0.05, 0) is 42.3 Å². The van der Waals surface area contributed by atoms with Crippen LogP contribution in [0.3, 0.4) is 0 Å². The van der Waals surface area contributed by atoms with Gasteiger partial charge in [0.15, 0.2) is 0 Å². The summed E-state index contributed by atoms with van der Waals surface area (Å²) in [5.74, 6) is -0.484. The van der Waals surface area contributed by atoms with Crippen LogP contribution in [-0.4, -0.2) is 5.91 Å². The van der Waals surface area contributed by atoms with E-state index in [1.165, 1.54) is 16.5 Å². The van der Waals surface area contributed by atoms with E-state index in [1.807, 2.05) is 6.07 Å². The molecule has 2 nitrogen and oxygen atoms in total. The smallest absolute Gasteiger partial charge is 0.220 e. The van der Waals surface area contributed by atoms with Gasteiger partial charge in [0.25, 0.3) is 0 Å². The van der Waals surface area contributed by atoms with E-state index < -0.39 is 0 Å². The number of carbonyl (C=O) groups is 1. The Morgan fingerprint density at radius 1 is 1.47 bits per heavy atom. The average molecular weight is 249 g/mol. The maximum absolute atomic E-state index is 13.1. The zero-order valence-electron chi connectivity index (χ0n) is 9.20. The fraction of sp³-hybridized carbons (Fsp3) is 0.308. The lowest BCUT2D eigenvalue weighted by atomic mass is 9.87. The number of carbonyl (C=O) groups excluding carboxylic acids is 1. The molecule has 1 aromatic heterocycles. The molecule has 1 aliphatic rings. The number of aryl methyl sites for hydroxylation is 1. The number of thiophene rings is 1. The Bertz CT molecular complexity index is 605. The van der Waals surface area contributed by atoms with Gasteiger partial charge in [0.05, 0.1) is 0 Å². The first kappa shape index (κ1) is 10.7. The van der Waals surface area contributed by atoms with Crippen LogP contribution in [0.1, 0.15) is 16.9 Å².